The Hall–Kier alpha value is -1.24. The fraction of sp³-hybridized carbons (Fsp3) is 0.684. The Kier molecular flexibility index (Phi) is 4.70. The van der Waals surface area contributed by atoms with E-state index in [1.54, 1.807) is 0 Å². The summed E-state index contributed by atoms with van der Waals surface area (Å²) in [5, 5.41) is 0.0470. The van der Waals surface area contributed by atoms with E-state index >= 15 is 0 Å². The van der Waals surface area contributed by atoms with Crippen LogP contribution in [0.3, 0.4) is 0 Å². The maximum Gasteiger partial charge on any atom is 0.417 e. The quantitative estimate of drug-likeness (QED) is 0.779. The third-order valence-corrected chi connectivity index (χ3v) is 7.67. The minimum atomic E-state index is -4.47. The molecule has 4 unspecified atom stereocenters. The van der Waals surface area contributed by atoms with Crippen LogP contribution in [0, 0.1) is 29.6 Å². The third-order valence-electron chi connectivity index (χ3n) is 6.41. The molecule has 0 radical (unpaired) electrons. The highest BCUT2D eigenvalue weighted by Crippen LogP contribution is 2.53. The van der Waals surface area contributed by atoms with Crippen molar-refractivity contribution in [3.05, 3.63) is 23.9 Å². The molecule has 4 aliphatic rings. The Morgan fingerprint density at radius 1 is 1.04 bits per heavy atom. The number of nitrogens with zero attached hydrogens (tertiary/aromatic N) is 1. The van der Waals surface area contributed by atoms with Crippen LogP contribution in [-0.2, 0) is 21.8 Å². The second kappa shape index (κ2) is 6.73. The van der Waals surface area contributed by atoms with Crippen LogP contribution in [0.5, 0.6) is 0 Å². The molecule has 0 aromatic carbocycles. The Morgan fingerprint density at radius 3 is 2.19 bits per heavy atom. The molecule has 0 aliphatic heterocycles. The van der Waals surface area contributed by atoms with Gasteiger partial charge in [0.15, 0.2) is 0 Å². The first-order valence-corrected chi connectivity index (χ1v) is 10.6. The first-order chi connectivity index (χ1) is 12.3. The van der Waals surface area contributed by atoms with E-state index in [1.165, 1.54) is 19.3 Å². The monoisotopic (exact) mass is 385 g/mol. The highest BCUT2D eigenvalue weighted by molar-refractivity contribution is 7.85. The summed E-state index contributed by atoms with van der Waals surface area (Å²) in [6.45, 7) is 0. The molecule has 0 N–H and O–H groups in total. The molecular formula is C19H22F3NO2S. The van der Waals surface area contributed by atoms with Gasteiger partial charge in [0.25, 0.3) is 0 Å². The van der Waals surface area contributed by atoms with Gasteiger partial charge < -0.3 is 0 Å². The molecule has 4 bridgehead atoms. The second-order valence-electron chi connectivity index (χ2n) is 8.22. The van der Waals surface area contributed by atoms with Crippen LogP contribution in [0.15, 0.2) is 23.4 Å². The van der Waals surface area contributed by atoms with Gasteiger partial charge in [0.05, 0.1) is 22.1 Å². The van der Waals surface area contributed by atoms with Crippen molar-refractivity contribution in [2.24, 2.45) is 29.6 Å². The van der Waals surface area contributed by atoms with Gasteiger partial charge in [0.2, 0.25) is 0 Å². The van der Waals surface area contributed by atoms with Crippen molar-refractivity contribution in [1.29, 1.82) is 0 Å². The van der Waals surface area contributed by atoms with Crippen LogP contribution in [0.1, 0.15) is 44.1 Å². The van der Waals surface area contributed by atoms with E-state index < -0.39 is 22.5 Å². The lowest BCUT2D eigenvalue weighted by Gasteiger charge is -2.38. The molecule has 4 fully saturated rings. The molecule has 4 saturated carbocycles. The van der Waals surface area contributed by atoms with Crippen molar-refractivity contribution in [3.8, 4) is 0 Å². The number of ketones is 1. The van der Waals surface area contributed by atoms with Gasteiger partial charge in [-0.2, -0.15) is 13.2 Å². The molecule has 0 amide bonds. The van der Waals surface area contributed by atoms with Gasteiger partial charge in [0, 0.05) is 12.1 Å². The first kappa shape index (κ1) is 18.1. The fourth-order valence-corrected chi connectivity index (χ4v) is 6.51. The van der Waals surface area contributed by atoms with Gasteiger partial charge in [-0.1, -0.05) is 0 Å². The number of fused-ring (bicyclic) bond motifs is 1. The average Bonchev–Trinajstić information content (AvgIpc) is 2.77. The Morgan fingerprint density at radius 2 is 1.65 bits per heavy atom. The van der Waals surface area contributed by atoms with Crippen molar-refractivity contribution in [3.63, 3.8) is 0 Å². The van der Waals surface area contributed by atoms with E-state index in [0.29, 0.717) is 18.0 Å². The molecule has 1 heterocycles. The lowest BCUT2D eigenvalue weighted by atomic mass is 9.67. The van der Waals surface area contributed by atoms with Gasteiger partial charge in [-0.25, -0.2) is 4.98 Å². The number of Topliss-reactive ketones (excluding diaryl/α,β-unsaturated/α-hetero) is 1. The standard InChI is InChI=1S/C19H22F3NO2S/c20-19(21,22)15-1-2-18(23-9-15)26(25)10-17(24)16-8-13-4-11-3-12(5-13)7-14(16)6-11/h1-2,9,11-14,16H,3-8,10H2. The third kappa shape index (κ3) is 3.59. The zero-order valence-electron chi connectivity index (χ0n) is 14.4. The molecule has 3 nitrogen and oxygen atoms in total. The predicted octanol–water partition coefficient (Wildman–Crippen LogP) is 4.24. The van der Waals surface area contributed by atoms with Gasteiger partial charge in [-0.05, 0) is 74.3 Å². The molecule has 26 heavy (non-hydrogen) atoms. The van der Waals surface area contributed by atoms with Crippen LogP contribution in [0.2, 0.25) is 0 Å². The van der Waals surface area contributed by atoms with Gasteiger partial charge in [-0.15, -0.1) is 0 Å². The number of hydrogen-bond acceptors (Lipinski definition) is 3. The maximum absolute atomic E-state index is 12.8. The molecule has 7 heteroatoms. The van der Waals surface area contributed by atoms with Crippen molar-refractivity contribution < 1.29 is 22.2 Å². The van der Waals surface area contributed by atoms with E-state index in [9.17, 15) is 22.2 Å². The smallest absolute Gasteiger partial charge is 0.298 e. The minimum Gasteiger partial charge on any atom is -0.298 e. The maximum atomic E-state index is 12.8. The Labute approximate surface area is 153 Å². The molecule has 4 atom stereocenters. The molecule has 0 saturated heterocycles. The number of aromatic nitrogens is 1. The summed E-state index contributed by atoms with van der Waals surface area (Å²) in [6, 6.07) is 1.99. The largest absolute Gasteiger partial charge is 0.417 e. The first-order valence-electron chi connectivity index (χ1n) is 9.24. The van der Waals surface area contributed by atoms with Crippen molar-refractivity contribution in [1.82, 2.24) is 4.98 Å². The van der Waals surface area contributed by atoms with Crippen LogP contribution in [-0.4, -0.2) is 20.7 Å². The summed E-state index contributed by atoms with van der Waals surface area (Å²) in [6.07, 6.45) is 3.07. The topological polar surface area (TPSA) is 47.0 Å². The number of alkyl halides is 3. The number of halogens is 3. The number of rotatable bonds is 4. The minimum absolute atomic E-state index is 0.00299. The van der Waals surface area contributed by atoms with E-state index in [1.807, 2.05) is 0 Å². The van der Waals surface area contributed by atoms with Crippen LogP contribution < -0.4 is 0 Å². The number of pyridine rings is 1. The number of hydrogen-bond donors (Lipinski definition) is 0. The molecule has 0 spiro atoms. The van der Waals surface area contributed by atoms with Gasteiger partial charge >= 0.3 is 6.18 Å². The molecule has 1 aromatic rings. The number of carbonyl (C=O) groups is 1. The molecule has 142 valence electrons. The highest BCUT2D eigenvalue weighted by atomic mass is 32.2. The SMILES string of the molecule is O=C(CS(=O)c1ccc(C(F)(F)F)cn1)C1CC2CC3CC(C2)CC1C3. The van der Waals surface area contributed by atoms with E-state index in [2.05, 4.69) is 4.98 Å². The molecular weight excluding hydrogens is 363 g/mol. The molecule has 1 aromatic heterocycles. The average molecular weight is 385 g/mol. The second-order valence-corrected chi connectivity index (χ2v) is 9.62. The number of carbonyl (C=O) groups excluding carboxylic acids is 1. The summed E-state index contributed by atoms with van der Waals surface area (Å²) in [5.41, 5.74) is -0.874. The van der Waals surface area contributed by atoms with E-state index in [4.69, 9.17) is 0 Å². The van der Waals surface area contributed by atoms with Crippen molar-refractivity contribution in [2.45, 2.75) is 49.7 Å². The van der Waals surface area contributed by atoms with Gasteiger partial charge in [0.1, 0.15) is 10.8 Å². The lowest BCUT2D eigenvalue weighted by molar-refractivity contribution is -0.137. The predicted molar refractivity (Wildman–Crippen MR) is 90.7 cm³/mol. The summed E-state index contributed by atoms with van der Waals surface area (Å²) < 4.78 is 50.3. The van der Waals surface area contributed by atoms with E-state index in [-0.39, 0.29) is 22.5 Å². The molecule has 4 aliphatic carbocycles. The Bertz CT molecular complexity index is 704. The van der Waals surface area contributed by atoms with Crippen LogP contribution in [0.25, 0.3) is 0 Å². The van der Waals surface area contributed by atoms with Crippen molar-refractivity contribution >= 4 is 16.6 Å². The fourth-order valence-electron chi connectivity index (χ4n) is 5.50. The zero-order chi connectivity index (χ0) is 18.5. The van der Waals surface area contributed by atoms with Crippen LogP contribution >= 0.6 is 0 Å². The summed E-state index contributed by atoms with van der Waals surface area (Å²) >= 11 is 0. The summed E-state index contributed by atoms with van der Waals surface area (Å²) in [5.74, 6) is 2.34. The highest BCUT2D eigenvalue weighted by Gasteiger charge is 2.45. The summed E-state index contributed by atoms with van der Waals surface area (Å²) in [7, 11) is -1.69. The lowest BCUT2D eigenvalue weighted by Crippen LogP contribution is -2.31. The van der Waals surface area contributed by atoms with Crippen molar-refractivity contribution in [2.75, 3.05) is 5.75 Å². The molecule has 5 rings (SSSR count). The van der Waals surface area contributed by atoms with Crippen LogP contribution in [0.4, 0.5) is 13.2 Å². The summed E-state index contributed by atoms with van der Waals surface area (Å²) in [4.78, 5) is 16.5. The Balaban J connectivity index is 1.44. The zero-order valence-corrected chi connectivity index (χ0v) is 15.2. The van der Waals surface area contributed by atoms with E-state index in [0.717, 1.165) is 43.2 Å². The normalized spacial score (nSPS) is 34.5. The van der Waals surface area contributed by atoms with Gasteiger partial charge in [-0.3, -0.25) is 9.00 Å².